The van der Waals surface area contributed by atoms with E-state index in [4.69, 9.17) is 16.3 Å². The molecule has 0 atom stereocenters. The molecule has 0 radical (unpaired) electrons. The van der Waals surface area contributed by atoms with Crippen LogP contribution in [0.1, 0.15) is 26.5 Å². The average Bonchev–Trinajstić information content (AvgIpc) is 2.29. The molecule has 0 saturated carbocycles. The van der Waals surface area contributed by atoms with Gasteiger partial charge >= 0.3 is 0 Å². The van der Waals surface area contributed by atoms with Gasteiger partial charge in [-0.25, -0.2) is 0 Å². The number of rotatable bonds is 2. The minimum absolute atomic E-state index is 0.160. The highest BCUT2D eigenvalue weighted by Gasteiger charge is 2.13. The molecule has 3 nitrogen and oxygen atoms in total. The summed E-state index contributed by atoms with van der Waals surface area (Å²) in [6, 6.07) is 0. The van der Waals surface area contributed by atoms with Gasteiger partial charge in [0.25, 0.3) is 0 Å². The van der Waals surface area contributed by atoms with Crippen LogP contribution < -0.4 is 0 Å². The van der Waals surface area contributed by atoms with Crippen molar-refractivity contribution in [1.82, 2.24) is 9.59 Å². The second kappa shape index (κ2) is 3.68. The molecule has 0 aliphatic heterocycles. The van der Waals surface area contributed by atoms with Gasteiger partial charge in [-0.15, -0.1) is 5.10 Å². The molecule has 1 aromatic rings. The Bertz CT molecular complexity index is 256. The van der Waals surface area contributed by atoms with Gasteiger partial charge in [-0.1, -0.05) is 16.1 Å². The largest absolute Gasteiger partial charge is 0.369 e. The van der Waals surface area contributed by atoms with E-state index in [1.807, 2.05) is 20.8 Å². The van der Waals surface area contributed by atoms with Crippen molar-refractivity contribution < 1.29 is 4.74 Å². The number of halogens is 1. The van der Waals surface area contributed by atoms with Crippen molar-refractivity contribution in [1.29, 1.82) is 0 Å². The molecule has 1 rings (SSSR count). The molecule has 1 aromatic heterocycles. The highest BCUT2D eigenvalue weighted by molar-refractivity contribution is 7.10. The summed E-state index contributed by atoms with van der Waals surface area (Å²) in [6.07, 6.45) is 0. The van der Waals surface area contributed by atoms with Gasteiger partial charge in [0.2, 0.25) is 0 Å². The van der Waals surface area contributed by atoms with Crippen LogP contribution in [0.4, 0.5) is 0 Å². The number of hydrogen-bond acceptors (Lipinski definition) is 4. The number of hydrogen-bond donors (Lipinski definition) is 0. The summed E-state index contributed by atoms with van der Waals surface area (Å²) in [5, 5.41) is 3.83. The second-order valence-electron chi connectivity index (χ2n) is 3.39. The van der Waals surface area contributed by atoms with E-state index in [0.717, 1.165) is 5.69 Å². The predicted octanol–water partition coefficient (Wildman–Crippen LogP) is 2.51. The zero-order valence-corrected chi connectivity index (χ0v) is 8.87. The Morgan fingerprint density at radius 3 is 2.58 bits per heavy atom. The molecular weight excluding hydrogens is 196 g/mol. The van der Waals surface area contributed by atoms with E-state index in [1.54, 1.807) is 0 Å². The third kappa shape index (κ3) is 3.05. The normalized spacial score (nSPS) is 12.0. The van der Waals surface area contributed by atoms with Crippen LogP contribution in [-0.2, 0) is 11.3 Å². The fraction of sp³-hybridized carbons (Fsp3) is 0.714. The third-order valence-corrected chi connectivity index (χ3v) is 2.14. The Hall–Kier alpha value is -0.190. The van der Waals surface area contributed by atoms with E-state index in [-0.39, 0.29) is 5.60 Å². The highest BCUT2D eigenvalue weighted by atomic mass is 35.5. The molecular formula is C7H11ClN2OS. The summed E-state index contributed by atoms with van der Waals surface area (Å²) >= 11 is 6.96. The minimum atomic E-state index is -0.160. The van der Waals surface area contributed by atoms with Gasteiger partial charge in [0.15, 0.2) is 0 Å². The zero-order valence-electron chi connectivity index (χ0n) is 7.30. The number of ether oxygens (including phenoxy) is 1. The number of nitrogens with zero attached hydrogens (tertiary/aromatic N) is 2. The Labute approximate surface area is 80.9 Å². The molecule has 0 fully saturated rings. The smallest absolute Gasteiger partial charge is 0.139 e. The van der Waals surface area contributed by atoms with Crippen molar-refractivity contribution in [2.24, 2.45) is 0 Å². The van der Waals surface area contributed by atoms with Crippen LogP contribution in [0, 0.1) is 0 Å². The maximum atomic E-state index is 5.78. The first-order chi connectivity index (χ1) is 5.49. The van der Waals surface area contributed by atoms with Crippen molar-refractivity contribution in [3.63, 3.8) is 0 Å². The van der Waals surface area contributed by atoms with Crippen molar-refractivity contribution in [2.75, 3.05) is 0 Å². The molecule has 12 heavy (non-hydrogen) atoms. The molecule has 0 unspecified atom stereocenters. The van der Waals surface area contributed by atoms with E-state index in [0.29, 0.717) is 10.9 Å². The predicted molar refractivity (Wildman–Crippen MR) is 49.5 cm³/mol. The van der Waals surface area contributed by atoms with Crippen LogP contribution in [0.15, 0.2) is 0 Å². The van der Waals surface area contributed by atoms with Crippen LogP contribution in [-0.4, -0.2) is 15.2 Å². The zero-order chi connectivity index (χ0) is 9.19. The maximum absolute atomic E-state index is 5.78. The van der Waals surface area contributed by atoms with Crippen molar-refractivity contribution in [3.05, 3.63) is 10.0 Å². The van der Waals surface area contributed by atoms with Crippen LogP contribution >= 0.6 is 23.1 Å². The molecule has 0 spiro atoms. The fourth-order valence-electron chi connectivity index (χ4n) is 0.568. The van der Waals surface area contributed by atoms with Crippen molar-refractivity contribution >= 4 is 23.1 Å². The summed E-state index contributed by atoms with van der Waals surface area (Å²) in [6.45, 7) is 6.39. The lowest BCUT2D eigenvalue weighted by Gasteiger charge is -2.18. The first-order valence-corrected chi connectivity index (χ1v) is 4.75. The van der Waals surface area contributed by atoms with Gasteiger partial charge in [0.1, 0.15) is 10.0 Å². The van der Waals surface area contributed by atoms with E-state index < -0.39 is 0 Å². The molecule has 0 N–H and O–H groups in total. The molecule has 0 bridgehead atoms. The van der Waals surface area contributed by atoms with Crippen molar-refractivity contribution in [3.8, 4) is 0 Å². The molecule has 0 aliphatic carbocycles. The summed E-state index contributed by atoms with van der Waals surface area (Å²) in [4.78, 5) is 0. The summed E-state index contributed by atoms with van der Waals surface area (Å²) < 4.78 is 9.79. The topological polar surface area (TPSA) is 35.0 Å². The monoisotopic (exact) mass is 206 g/mol. The molecule has 1 heterocycles. The van der Waals surface area contributed by atoms with Crippen LogP contribution in [0.2, 0.25) is 4.34 Å². The summed E-state index contributed by atoms with van der Waals surface area (Å²) in [5.74, 6) is 0. The first kappa shape index (κ1) is 9.89. The Morgan fingerprint density at radius 2 is 2.17 bits per heavy atom. The van der Waals surface area contributed by atoms with Crippen LogP contribution in [0.5, 0.6) is 0 Å². The molecule has 5 heteroatoms. The van der Waals surface area contributed by atoms with E-state index >= 15 is 0 Å². The number of aromatic nitrogens is 2. The summed E-state index contributed by atoms with van der Waals surface area (Å²) in [5.41, 5.74) is 0.559. The van der Waals surface area contributed by atoms with E-state index in [1.165, 1.54) is 11.5 Å². The van der Waals surface area contributed by atoms with Gasteiger partial charge < -0.3 is 4.74 Å². The quantitative estimate of drug-likeness (QED) is 0.746. The molecule has 0 aromatic carbocycles. The molecule has 68 valence electrons. The van der Waals surface area contributed by atoms with Gasteiger partial charge in [-0.05, 0) is 20.8 Å². The van der Waals surface area contributed by atoms with Crippen LogP contribution in [0.3, 0.4) is 0 Å². The van der Waals surface area contributed by atoms with E-state index in [9.17, 15) is 0 Å². The standard InChI is InChI=1S/C7H11ClN2OS/c1-7(2,3)11-4-5-6(8)12-10-9-5/h4H2,1-3H3. The lowest BCUT2D eigenvalue weighted by molar-refractivity contribution is -0.0164. The third-order valence-electron chi connectivity index (χ3n) is 1.15. The van der Waals surface area contributed by atoms with Gasteiger partial charge in [-0.2, -0.15) is 0 Å². The molecule has 0 saturated heterocycles. The van der Waals surface area contributed by atoms with E-state index in [2.05, 4.69) is 9.59 Å². The average molecular weight is 207 g/mol. The Kier molecular flexibility index (Phi) is 3.04. The van der Waals surface area contributed by atoms with Gasteiger partial charge in [0.05, 0.1) is 12.2 Å². The minimum Gasteiger partial charge on any atom is -0.369 e. The maximum Gasteiger partial charge on any atom is 0.139 e. The Morgan fingerprint density at radius 1 is 1.50 bits per heavy atom. The Balaban J connectivity index is 2.49. The lowest BCUT2D eigenvalue weighted by Crippen LogP contribution is -2.18. The fourth-order valence-corrected chi connectivity index (χ4v) is 1.17. The van der Waals surface area contributed by atoms with Gasteiger partial charge in [-0.3, -0.25) is 0 Å². The van der Waals surface area contributed by atoms with Crippen molar-refractivity contribution in [2.45, 2.75) is 33.0 Å². The lowest BCUT2D eigenvalue weighted by atomic mass is 10.2. The second-order valence-corrected chi connectivity index (χ2v) is 4.75. The molecule has 0 aliphatic rings. The SMILES string of the molecule is CC(C)(C)OCc1nnsc1Cl. The highest BCUT2D eigenvalue weighted by Crippen LogP contribution is 2.20. The molecule has 0 amide bonds. The first-order valence-electron chi connectivity index (χ1n) is 3.60. The van der Waals surface area contributed by atoms with Gasteiger partial charge in [0, 0.05) is 11.5 Å². The van der Waals surface area contributed by atoms with Crippen LogP contribution in [0.25, 0.3) is 0 Å². The summed E-state index contributed by atoms with van der Waals surface area (Å²) in [7, 11) is 0.